The Balaban J connectivity index is 1.60. The third-order valence-electron chi connectivity index (χ3n) is 4.74. The molecule has 0 radical (unpaired) electrons. The molecule has 1 heterocycles. The van der Waals surface area contributed by atoms with Gasteiger partial charge in [0.2, 0.25) is 0 Å². The number of nitrogens with zero attached hydrogens (tertiary/aromatic N) is 2. The highest BCUT2D eigenvalue weighted by Crippen LogP contribution is 2.35. The molecule has 2 saturated carbocycles. The molecule has 0 unspecified atom stereocenters. The molecule has 0 aliphatic heterocycles. The van der Waals surface area contributed by atoms with Gasteiger partial charge in [0.05, 0.1) is 0 Å². The first-order valence-corrected chi connectivity index (χ1v) is 8.15. The third-order valence-corrected chi connectivity index (χ3v) is 4.74. The molecule has 2 aliphatic carbocycles. The van der Waals surface area contributed by atoms with E-state index in [2.05, 4.69) is 21.4 Å². The van der Waals surface area contributed by atoms with Crippen LogP contribution in [0, 0.1) is 0 Å². The number of nitrogens with one attached hydrogen (secondary N) is 1. The Morgan fingerprint density at radius 1 is 1.00 bits per heavy atom. The normalized spacial score (nSPS) is 28.2. The summed E-state index contributed by atoms with van der Waals surface area (Å²) in [5.74, 6) is 1.55. The maximum absolute atomic E-state index is 5.87. The van der Waals surface area contributed by atoms with Gasteiger partial charge in [0, 0.05) is 29.8 Å². The van der Waals surface area contributed by atoms with Crippen LogP contribution in [0.5, 0.6) is 0 Å². The van der Waals surface area contributed by atoms with Crippen LogP contribution in [0.25, 0.3) is 0 Å². The van der Waals surface area contributed by atoms with Crippen molar-refractivity contribution in [2.75, 3.05) is 5.32 Å². The average Bonchev–Trinajstić information content (AvgIpc) is 2.38. The summed E-state index contributed by atoms with van der Waals surface area (Å²) < 4.78 is 0. The van der Waals surface area contributed by atoms with Crippen molar-refractivity contribution >= 4 is 5.82 Å². The van der Waals surface area contributed by atoms with E-state index in [-0.39, 0.29) is 0 Å². The van der Waals surface area contributed by atoms with Crippen LogP contribution in [-0.4, -0.2) is 22.1 Å². The van der Waals surface area contributed by atoms with Gasteiger partial charge in [-0.05, 0) is 25.7 Å². The lowest BCUT2D eigenvalue weighted by atomic mass is 9.78. The molecule has 2 fully saturated rings. The fourth-order valence-corrected chi connectivity index (χ4v) is 3.39. The Morgan fingerprint density at radius 3 is 2.40 bits per heavy atom. The van der Waals surface area contributed by atoms with Gasteiger partial charge in [-0.1, -0.05) is 32.1 Å². The molecule has 0 atom stereocenters. The third kappa shape index (κ3) is 3.48. The van der Waals surface area contributed by atoms with E-state index in [1.807, 2.05) is 0 Å². The maximum atomic E-state index is 5.87. The molecule has 4 nitrogen and oxygen atoms in total. The maximum Gasteiger partial charge on any atom is 0.129 e. The monoisotopic (exact) mass is 274 g/mol. The van der Waals surface area contributed by atoms with E-state index >= 15 is 0 Å². The van der Waals surface area contributed by atoms with Crippen LogP contribution in [0.1, 0.15) is 69.4 Å². The second-order valence-electron chi connectivity index (χ2n) is 6.44. The van der Waals surface area contributed by atoms with E-state index in [1.165, 1.54) is 44.9 Å². The Labute approximate surface area is 121 Å². The SMILES string of the molecule is NC1CC(c2cc(NC3CCCCCCC3)ncn2)C1. The smallest absolute Gasteiger partial charge is 0.129 e. The lowest BCUT2D eigenvalue weighted by Crippen LogP contribution is -2.35. The molecule has 0 saturated heterocycles. The van der Waals surface area contributed by atoms with E-state index < -0.39 is 0 Å². The fourth-order valence-electron chi connectivity index (χ4n) is 3.39. The molecule has 2 aliphatic rings. The number of hydrogen-bond acceptors (Lipinski definition) is 4. The number of rotatable bonds is 3. The fraction of sp³-hybridized carbons (Fsp3) is 0.750. The Bertz CT molecular complexity index is 420. The molecule has 0 amide bonds. The summed E-state index contributed by atoms with van der Waals surface area (Å²) in [5, 5.41) is 3.62. The van der Waals surface area contributed by atoms with Gasteiger partial charge in [0.1, 0.15) is 12.1 Å². The standard InChI is InChI=1S/C16H26N4/c17-13-8-12(9-13)15-10-16(19-11-18-15)20-14-6-4-2-1-3-5-7-14/h10-14H,1-9,17H2,(H,18,19,20). The number of aromatic nitrogens is 2. The number of anilines is 1. The van der Waals surface area contributed by atoms with Crippen LogP contribution in [0.4, 0.5) is 5.82 Å². The minimum atomic E-state index is 0.372. The summed E-state index contributed by atoms with van der Waals surface area (Å²) in [6.07, 6.45) is 13.2. The van der Waals surface area contributed by atoms with Crippen LogP contribution in [0.15, 0.2) is 12.4 Å². The van der Waals surface area contributed by atoms with Gasteiger partial charge < -0.3 is 11.1 Å². The minimum absolute atomic E-state index is 0.372. The molecule has 1 aromatic heterocycles. The van der Waals surface area contributed by atoms with Crippen LogP contribution in [0.2, 0.25) is 0 Å². The van der Waals surface area contributed by atoms with Crippen LogP contribution >= 0.6 is 0 Å². The predicted molar refractivity (Wildman–Crippen MR) is 81.7 cm³/mol. The predicted octanol–water partition coefficient (Wildman–Crippen LogP) is 3.21. The van der Waals surface area contributed by atoms with Gasteiger partial charge in [-0.15, -0.1) is 0 Å². The van der Waals surface area contributed by atoms with Gasteiger partial charge in [-0.25, -0.2) is 9.97 Å². The van der Waals surface area contributed by atoms with Crippen molar-refractivity contribution in [2.45, 2.75) is 75.8 Å². The quantitative estimate of drug-likeness (QED) is 0.888. The molecular weight excluding hydrogens is 248 g/mol. The van der Waals surface area contributed by atoms with Gasteiger partial charge in [0.15, 0.2) is 0 Å². The molecule has 0 bridgehead atoms. The Hall–Kier alpha value is -1.16. The van der Waals surface area contributed by atoms with E-state index in [4.69, 9.17) is 5.73 Å². The molecule has 3 N–H and O–H groups in total. The number of hydrogen-bond donors (Lipinski definition) is 2. The van der Waals surface area contributed by atoms with E-state index in [0.29, 0.717) is 18.0 Å². The zero-order chi connectivity index (χ0) is 13.8. The van der Waals surface area contributed by atoms with E-state index in [9.17, 15) is 0 Å². The highest BCUT2D eigenvalue weighted by Gasteiger charge is 2.28. The Kier molecular flexibility index (Phi) is 4.51. The molecule has 110 valence electrons. The first-order valence-electron chi connectivity index (χ1n) is 8.15. The van der Waals surface area contributed by atoms with E-state index in [1.54, 1.807) is 6.33 Å². The van der Waals surface area contributed by atoms with Gasteiger partial charge >= 0.3 is 0 Å². The van der Waals surface area contributed by atoms with Crippen molar-refractivity contribution in [3.8, 4) is 0 Å². The summed E-state index contributed by atoms with van der Waals surface area (Å²) in [6.45, 7) is 0. The van der Waals surface area contributed by atoms with Gasteiger partial charge in [-0.2, -0.15) is 0 Å². The first kappa shape index (κ1) is 13.8. The second-order valence-corrected chi connectivity index (χ2v) is 6.44. The van der Waals surface area contributed by atoms with Crippen molar-refractivity contribution in [3.63, 3.8) is 0 Å². The Morgan fingerprint density at radius 2 is 1.70 bits per heavy atom. The zero-order valence-corrected chi connectivity index (χ0v) is 12.2. The molecule has 20 heavy (non-hydrogen) atoms. The molecule has 3 rings (SSSR count). The lowest BCUT2D eigenvalue weighted by molar-refractivity contribution is 0.345. The van der Waals surface area contributed by atoms with Crippen LogP contribution < -0.4 is 11.1 Å². The van der Waals surface area contributed by atoms with Crippen LogP contribution in [-0.2, 0) is 0 Å². The summed E-state index contributed by atoms with van der Waals surface area (Å²) in [5.41, 5.74) is 7.03. The molecule has 0 spiro atoms. The summed E-state index contributed by atoms with van der Waals surface area (Å²) in [6, 6.07) is 3.09. The molecule has 1 aromatic rings. The average molecular weight is 274 g/mol. The van der Waals surface area contributed by atoms with Gasteiger partial charge in [-0.3, -0.25) is 0 Å². The largest absolute Gasteiger partial charge is 0.367 e. The highest BCUT2D eigenvalue weighted by atomic mass is 15.0. The van der Waals surface area contributed by atoms with Crippen LogP contribution in [0.3, 0.4) is 0 Å². The molecule has 0 aromatic carbocycles. The number of nitrogens with two attached hydrogens (primary N) is 1. The minimum Gasteiger partial charge on any atom is -0.367 e. The highest BCUT2D eigenvalue weighted by molar-refractivity contribution is 5.37. The van der Waals surface area contributed by atoms with Crippen molar-refractivity contribution in [1.29, 1.82) is 0 Å². The molecular formula is C16H26N4. The topological polar surface area (TPSA) is 63.8 Å². The second kappa shape index (κ2) is 6.53. The first-order chi connectivity index (χ1) is 9.81. The van der Waals surface area contributed by atoms with Crippen molar-refractivity contribution in [3.05, 3.63) is 18.1 Å². The van der Waals surface area contributed by atoms with Crippen molar-refractivity contribution < 1.29 is 0 Å². The molecule has 4 heteroatoms. The summed E-state index contributed by atoms with van der Waals surface area (Å²) in [4.78, 5) is 8.81. The summed E-state index contributed by atoms with van der Waals surface area (Å²) in [7, 11) is 0. The zero-order valence-electron chi connectivity index (χ0n) is 12.2. The summed E-state index contributed by atoms with van der Waals surface area (Å²) >= 11 is 0. The van der Waals surface area contributed by atoms with Crippen molar-refractivity contribution in [1.82, 2.24) is 9.97 Å². The lowest BCUT2D eigenvalue weighted by Gasteiger charge is -2.32. The van der Waals surface area contributed by atoms with E-state index in [0.717, 1.165) is 24.4 Å². The van der Waals surface area contributed by atoms with Crippen molar-refractivity contribution in [2.24, 2.45) is 5.73 Å². The van der Waals surface area contributed by atoms with Gasteiger partial charge in [0.25, 0.3) is 0 Å².